The fraction of sp³-hybridized carbons (Fsp3) is 0.562. The molecule has 0 aromatic carbocycles. The molecular weight excluding hydrogens is 302 g/mol. The van der Waals surface area contributed by atoms with Gasteiger partial charge in [0.15, 0.2) is 0 Å². The first-order valence-electron chi connectivity index (χ1n) is 7.22. The second-order valence-corrected chi connectivity index (χ2v) is 7.61. The summed E-state index contributed by atoms with van der Waals surface area (Å²) in [5, 5.41) is 11.8. The number of hydrogen-bond acceptors (Lipinski definition) is 4. The number of aliphatic hydroxyl groups excluding tert-OH is 1. The largest absolute Gasteiger partial charge is 0.384 e. The Hall–Kier alpha value is -0.960. The number of hydrogen-bond donors (Lipinski definition) is 2. The van der Waals surface area contributed by atoms with Crippen LogP contribution in [0, 0.1) is 11.8 Å². The van der Waals surface area contributed by atoms with Crippen molar-refractivity contribution in [2.45, 2.75) is 36.9 Å². The minimum Gasteiger partial charge on any atom is -0.384 e. The summed E-state index contributed by atoms with van der Waals surface area (Å²) in [5.74, 6) is 5.41. The van der Waals surface area contributed by atoms with Gasteiger partial charge < -0.3 is 10.4 Å². The molecule has 5 heteroatoms. The van der Waals surface area contributed by atoms with E-state index in [0.29, 0.717) is 4.88 Å². The standard InChI is InChI=1S/C16H21NO2S2/c1-20-16(9-3-2-4-10-16)12-17-15(19)14-8-7-13(21-14)6-5-11-18/h7-8,18H,2-4,9-12H2,1H3,(H,17,19). The van der Waals surface area contributed by atoms with Crippen molar-refractivity contribution in [3.05, 3.63) is 21.9 Å². The van der Waals surface area contributed by atoms with Crippen molar-refractivity contribution < 1.29 is 9.90 Å². The number of aliphatic hydroxyl groups is 1. The van der Waals surface area contributed by atoms with Crippen molar-refractivity contribution in [3.8, 4) is 11.8 Å². The Labute approximate surface area is 134 Å². The summed E-state index contributed by atoms with van der Waals surface area (Å²) in [5.41, 5.74) is 0. The van der Waals surface area contributed by atoms with E-state index in [0.717, 1.165) is 11.4 Å². The van der Waals surface area contributed by atoms with E-state index in [4.69, 9.17) is 5.11 Å². The zero-order chi connectivity index (χ0) is 15.1. The van der Waals surface area contributed by atoms with Crippen LogP contribution in [0.5, 0.6) is 0 Å². The molecule has 1 amide bonds. The van der Waals surface area contributed by atoms with Crippen LogP contribution in [0.4, 0.5) is 0 Å². The fourth-order valence-electron chi connectivity index (χ4n) is 2.63. The van der Waals surface area contributed by atoms with Gasteiger partial charge in [-0.15, -0.1) is 11.3 Å². The van der Waals surface area contributed by atoms with E-state index in [1.165, 1.54) is 43.4 Å². The third-order valence-electron chi connectivity index (χ3n) is 3.89. The average molecular weight is 323 g/mol. The summed E-state index contributed by atoms with van der Waals surface area (Å²) in [6.45, 7) is 0.582. The maximum absolute atomic E-state index is 12.2. The van der Waals surface area contributed by atoms with Gasteiger partial charge in [-0.1, -0.05) is 31.1 Å². The first-order valence-corrected chi connectivity index (χ1v) is 9.26. The average Bonchev–Trinajstić information content (AvgIpc) is 3.00. The summed E-state index contributed by atoms with van der Waals surface area (Å²) in [4.78, 5) is 13.7. The molecule has 0 radical (unpaired) electrons. The molecule has 1 saturated carbocycles. The van der Waals surface area contributed by atoms with Crippen LogP contribution in [-0.2, 0) is 0 Å². The van der Waals surface area contributed by atoms with Crippen LogP contribution in [0.15, 0.2) is 12.1 Å². The molecule has 1 fully saturated rings. The van der Waals surface area contributed by atoms with Crippen LogP contribution in [-0.4, -0.2) is 35.2 Å². The normalized spacial score (nSPS) is 16.9. The van der Waals surface area contributed by atoms with Crippen molar-refractivity contribution in [2.75, 3.05) is 19.4 Å². The summed E-state index contributed by atoms with van der Waals surface area (Å²) in [7, 11) is 0. The van der Waals surface area contributed by atoms with E-state index in [9.17, 15) is 4.79 Å². The summed E-state index contributed by atoms with van der Waals surface area (Å²) in [6.07, 6.45) is 8.35. The molecule has 0 saturated heterocycles. The maximum Gasteiger partial charge on any atom is 0.261 e. The Bertz CT molecular complexity index is 536. The summed E-state index contributed by atoms with van der Waals surface area (Å²) < 4.78 is 0.213. The number of carbonyl (C=O) groups excluding carboxylic acids is 1. The molecule has 0 aliphatic heterocycles. The predicted octanol–water partition coefficient (Wildman–Crippen LogP) is 2.89. The molecule has 21 heavy (non-hydrogen) atoms. The Morgan fingerprint density at radius 3 is 2.86 bits per heavy atom. The molecular formula is C16H21NO2S2. The van der Waals surface area contributed by atoms with E-state index < -0.39 is 0 Å². The van der Waals surface area contributed by atoms with Gasteiger partial charge in [0.25, 0.3) is 5.91 Å². The highest BCUT2D eigenvalue weighted by atomic mass is 32.2. The van der Waals surface area contributed by atoms with Crippen molar-refractivity contribution in [1.82, 2.24) is 5.32 Å². The lowest BCUT2D eigenvalue weighted by Gasteiger charge is -2.35. The second kappa shape index (κ2) is 7.88. The lowest BCUT2D eigenvalue weighted by atomic mass is 9.88. The predicted molar refractivity (Wildman–Crippen MR) is 89.9 cm³/mol. The quantitative estimate of drug-likeness (QED) is 0.838. The van der Waals surface area contributed by atoms with Gasteiger partial charge in [0.05, 0.1) is 9.75 Å². The molecule has 1 heterocycles. The zero-order valence-corrected chi connectivity index (χ0v) is 13.9. The minimum atomic E-state index is -0.157. The van der Waals surface area contributed by atoms with E-state index in [1.54, 1.807) is 6.07 Å². The van der Waals surface area contributed by atoms with Crippen LogP contribution >= 0.6 is 23.1 Å². The van der Waals surface area contributed by atoms with Crippen LogP contribution in [0.25, 0.3) is 0 Å². The third kappa shape index (κ3) is 4.50. The number of thioether (sulfide) groups is 1. The van der Waals surface area contributed by atoms with Crippen molar-refractivity contribution in [1.29, 1.82) is 0 Å². The van der Waals surface area contributed by atoms with E-state index in [1.807, 2.05) is 17.8 Å². The van der Waals surface area contributed by atoms with Gasteiger partial charge in [-0.2, -0.15) is 11.8 Å². The lowest BCUT2D eigenvalue weighted by Crippen LogP contribution is -2.41. The van der Waals surface area contributed by atoms with Crippen molar-refractivity contribution in [2.24, 2.45) is 0 Å². The van der Waals surface area contributed by atoms with Gasteiger partial charge in [-0.25, -0.2) is 0 Å². The number of thiophene rings is 1. The SMILES string of the molecule is CSC1(CNC(=O)c2ccc(C#CCO)s2)CCCCC1. The zero-order valence-electron chi connectivity index (χ0n) is 12.3. The Morgan fingerprint density at radius 1 is 1.43 bits per heavy atom. The molecule has 2 N–H and O–H groups in total. The molecule has 0 spiro atoms. The Morgan fingerprint density at radius 2 is 2.19 bits per heavy atom. The minimum absolute atomic E-state index is 0.0175. The van der Waals surface area contributed by atoms with Gasteiger partial charge in [0.2, 0.25) is 0 Å². The number of carbonyl (C=O) groups is 1. The number of amides is 1. The van der Waals surface area contributed by atoms with Crippen LogP contribution in [0.3, 0.4) is 0 Å². The first kappa shape index (κ1) is 16.4. The van der Waals surface area contributed by atoms with Crippen molar-refractivity contribution >= 4 is 29.0 Å². The van der Waals surface area contributed by atoms with Crippen LogP contribution in [0.2, 0.25) is 0 Å². The van der Waals surface area contributed by atoms with Crippen LogP contribution < -0.4 is 5.32 Å². The topological polar surface area (TPSA) is 49.3 Å². The molecule has 0 bridgehead atoms. The van der Waals surface area contributed by atoms with Gasteiger partial charge in [0, 0.05) is 11.3 Å². The molecule has 1 aliphatic rings. The maximum atomic E-state index is 12.2. The smallest absolute Gasteiger partial charge is 0.261 e. The number of rotatable bonds is 4. The van der Waals surface area contributed by atoms with Crippen LogP contribution in [0.1, 0.15) is 46.7 Å². The highest BCUT2D eigenvalue weighted by Gasteiger charge is 2.31. The molecule has 1 aromatic rings. The molecule has 114 valence electrons. The first-order chi connectivity index (χ1) is 10.2. The monoisotopic (exact) mass is 323 g/mol. The summed E-state index contributed by atoms with van der Waals surface area (Å²) >= 11 is 3.26. The Balaban J connectivity index is 1.93. The van der Waals surface area contributed by atoms with E-state index in [2.05, 4.69) is 23.4 Å². The molecule has 2 rings (SSSR count). The van der Waals surface area contributed by atoms with E-state index in [-0.39, 0.29) is 17.3 Å². The molecule has 3 nitrogen and oxygen atoms in total. The lowest BCUT2D eigenvalue weighted by molar-refractivity contribution is 0.0951. The molecule has 0 unspecified atom stereocenters. The van der Waals surface area contributed by atoms with Gasteiger partial charge in [-0.05, 0) is 31.2 Å². The van der Waals surface area contributed by atoms with Gasteiger partial charge >= 0.3 is 0 Å². The summed E-state index contributed by atoms with van der Waals surface area (Å²) in [6, 6.07) is 3.63. The van der Waals surface area contributed by atoms with E-state index >= 15 is 0 Å². The molecule has 1 aromatic heterocycles. The molecule has 0 atom stereocenters. The van der Waals surface area contributed by atoms with Gasteiger partial charge in [0.1, 0.15) is 6.61 Å². The Kier molecular flexibility index (Phi) is 6.16. The molecule has 1 aliphatic carbocycles. The number of nitrogens with one attached hydrogen (secondary N) is 1. The highest BCUT2D eigenvalue weighted by molar-refractivity contribution is 8.00. The fourth-order valence-corrected chi connectivity index (χ4v) is 4.34. The van der Waals surface area contributed by atoms with Crippen molar-refractivity contribution in [3.63, 3.8) is 0 Å². The van der Waals surface area contributed by atoms with Gasteiger partial charge in [-0.3, -0.25) is 4.79 Å². The second-order valence-electron chi connectivity index (χ2n) is 5.25. The highest BCUT2D eigenvalue weighted by Crippen LogP contribution is 2.38. The third-order valence-corrected chi connectivity index (χ3v) is 6.31.